The standard InChI is InChI=1S/C12H14N4O2S/c1-6-13-10(12(17)18)11(19-6)14-9-5-8(7-3-4-7)15-16(9)2/h5,7,14H,3-4H2,1-2H3,(H,17,18). The maximum Gasteiger partial charge on any atom is 0.357 e. The van der Waals surface area contributed by atoms with Crippen molar-refractivity contribution in [1.82, 2.24) is 14.8 Å². The van der Waals surface area contributed by atoms with Crippen LogP contribution < -0.4 is 5.32 Å². The number of nitrogens with one attached hydrogen (secondary N) is 1. The minimum absolute atomic E-state index is 0.0664. The molecule has 2 aromatic heterocycles. The van der Waals surface area contributed by atoms with Crippen LogP contribution in [0.1, 0.15) is 39.9 Å². The molecule has 0 bridgehead atoms. The molecule has 6 nitrogen and oxygen atoms in total. The van der Waals surface area contributed by atoms with E-state index in [0.29, 0.717) is 10.9 Å². The van der Waals surface area contributed by atoms with Crippen molar-refractivity contribution in [3.05, 3.63) is 22.5 Å². The van der Waals surface area contributed by atoms with Crippen LogP contribution in [0.3, 0.4) is 0 Å². The Morgan fingerprint density at radius 2 is 2.32 bits per heavy atom. The van der Waals surface area contributed by atoms with Crippen LogP contribution in [0.15, 0.2) is 6.07 Å². The summed E-state index contributed by atoms with van der Waals surface area (Å²) >= 11 is 1.34. The number of carboxylic acids is 1. The van der Waals surface area contributed by atoms with Crippen LogP contribution in [-0.2, 0) is 7.05 Å². The van der Waals surface area contributed by atoms with Gasteiger partial charge in [-0.3, -0.25) is 4.68 Å². The lowest BCUT2D eigenvalue weighted by Crippen LogP contribution is -2.03. The third-order valence-electron chi connectivity index (χ3n) is 3.07. The smallest absolute Gasteiger partial charge is 0.357 e. The summed E-state index contributed by atoms with van der Waals surface area (Å²) in [5, 5.41) is 18.0. The molecule has 100 valence electrons. The minimum Gasteiger partial charge on any atom is -0.476 e. The van der Waals surface area contributed by atoms with E-state index in [9.17, 15) is 4.79 Å². The molecule has 1 aliphatic rings. The lowest BCUT2D eigenvalue weighted by molar-refractivity contribution is 0.0692. The summed E-state index contributed by atoms with van der Waals surface area (Å²) < 4.78 is 1.74. The molecule has 1 fully saturated rings. The molecule has 7 heteroatoms. The Morgan fingerprint density at radius 3 is 2.95 bits per heavy atom. The predicted octanol–water partition coefficient (Wildman–Crippen LogP) is 2.50. The Bertz CT molecular complexity index is 642. The van der Waals surface area contributed by atoms with Crippen LogP contribution in [-0.4, -0.2) is 25.8 Å². The molecule has 2 N–H and O–H groups in total. The quantitative estimate of drug-likeness (QED) is 0.898. The average molecular weight is 278 g/mol. The van der Waals surface area contributed by atoms with Crippen LogP contribution in [0.25, 0.3) is 0 Å². The van der Waals surface area contributed by atoms with Gasteiger partial charge in [0.2, 0.25) is 0 Å². The van der Waals surface area contributed by atoms with Crippen molar-refractivity contribution < 1.29 is 9.90 Å². The number of carboxylic acid groups (broad SMARTS) is 1. The number of nitrogens with zero attached hydrogens (tertiary/aromatic N) is 3. The molecule has 0 radical (unpaired) electrons. The normalized spacial score (nSPS) is 14.6. The summed E-state index contributed by atoms with van der Waals surface area (Å²) in [4.78, 5) is 15.1. The van der Waals surface area contributed by atoms with Crippen molar-refractivity contribution in [3.63, 3.8) is 0 Å². The second kappa shape index (κ2) is 4.34. The Kier molecular flexibility index (Phi) is 2.78. The first kappa shape index (κ1) is 12.2. The van der Waals surface area contributed by atoms with E-state index >= 15 is 0 Å². The third kappa shape index (κ3) is 2.33. The summed E-state index contributed by atoms with van der Waals surface area (Å²) in [7, 11) is 1.85. The van der Waals surface area contributed by atoms with E-state index < -0.39 is 5.97 Å². The third-order valence-corrected chi connectivity index (χ3v) is 3.96. The van der Waals surface area contributed by atoms with Gasteiger partial charge >= 0.3 is 5.97 Å². The summed E-state index contributed by atoms with van der Waals surface area (Å²) in [6.45, 7) is 1.79. The van der Waals surface area contributed by atoms with Crippen LogP contribution >= 0.6 is 11.3 Å². The van der Waals surface area contributed by atoms with Crippen LogP contribution in [0, 0.1) is 6.92 Å². The highest BCUT2D eigenvalue weighted by Crippen LogP contribution is 2.40. The summed E-state index contributed by atoms with van der Waals surface area (Å²) in [6, 6.07) is 1.98. The van der Waals surface area contributed by atoms with Gasteiger partial charge in [-0.15, -0.1) is 11.3 Å². The number of hydrogen-bond donors (Lipinski definition) is 2. The van der Waals surface area contributed by atoms with Gasteiger partial charge in [0.05, 0.1) is 10.7 Å². The molecule has 0 aliphatic heterocycles. The van der Waals surface area contributed by atoms with E-state index in [2.05, 4.69) is 15.4 Å². The lowest BCUT2D eigenvalue weighted by atomic mass is 10.3. The zero-order chi connectivity index (χ0) is 13.6. The van der Waals surface area contributed by atoms with Crippen molar-refractivity contribution in [3.8, 4) is 0 Å². The number of thiazole rings is 1. The highest BCUT2D eigenvalue weighted by atomic mass is 32.1. The number of carbonyl (C=O) groups is 1. The summed E-state index contributed by atoms with van der Waals surface area (Å²) in [6.07, 6.45) is 2.38. The van der Waals surface area contributed by atoms with Crippen molar-refractivity contribution in [2.24, 2.45) is 7.05 Å². The zero-order valence-electron chi connectivity index (χ0n) is 10.7. The number of aryl methyl sites for hydroxylation is 2. The number of aromatic nitrogens is 3. The summed E-state index contributed by atoms with van der Waals surface area (Å²) in [5.74, 6) is 0.355. The first-order valence-electron chi connectivity index (χ1n) is 6.06. The van der Waals surface area contributed by atoms with Gasteiger partial charge in [-0.05, 0) is 19.8 Å². The predicted molar refractivity (Wildman–Crippen MR) is 72.3 cm³/mol. The van der Waals surface area contributed by atoms with E-state index in [1.165, 1.54) is 24.2 Å². The fraction of sp³-hybridized carbons (Fsp3) is 0.417. The van der Waals surface area contributed by atoms with E-state index in [0.717, 1.165) is 16.5 Å². The van der Waals surface area contributed by atoms with Gasteiger partial charge in [-0.2, -0.15) is 5.10 Å². The maximum atomic E-state index is 11.1. The minimum atomic E-state index is -1.02. The molecule has 0 amide bonds. The number of aromatic carboxylic acids is 1. The number of rotatable bonds is 4. The Balaban J connectivity index is 1.90. The van der Waals surface area contributed by atoms with E-state index in [1.807, 2.05) is 13.1 Å². The Hall–Kier alpha value is -1.89. The first-order chi connectivity index (χ1) is 9.04. The SMILES string of the molecule is Cc1nc(C(=O)O)c(Nc2cc(C3CC3)nn2C)s1. The zero-order valence-corrected chi connectivity index (χ0v) is 11.5. The molecule has 0 spiro atoms. The molecule has 19 heavy (non-hydrogen) atoms. The average Bonchev–Trinajstić information content (AvgIpc) is 3.03. The molecule has 0 aromatic carbocycles. The van der Waals surface area contributed by atoms with Gasteiger partial charge in [-0.1, -0.05) is 0 Å². The van der Waals surface area contributed by atoms with E-state index in [-0.39, 0.29) is 5.69 Å². The number of anilines is 2. The second-order valence-corrected chi connectivity index (χ2v) is 5.90. The first-order valence-corrected chi connectivity index (χ1v) is 6.88. The van der Waals surface area contributed by atoms with Crippen molar-refractivity contribution in [2.75, 3.05) is 5.32 Å². The second-order valence-electron chi connectivity index (χ2n) is 4.69. The molecule has 3 rings (SSSR count). The molecular formula is C12H14N4O2S. The van der Waals surface area contributed by atoms with Crippen LogP contribution in [0.2, 0.25) is 0 Å². The number of hydrogen-bond acceptors (Lipinski definition) is 5. The molecule has 0 saturated heterocycles. The Morgan fingerprint density at radius 1 is 1.58 bits per heavy atom. The van der Waals surface area contributed by atoms with Crippen molar-refractivity contribution in [1.29, 1.82) is 0 Å². The topological polar surface area (TPSA) is 80.0 Å². The summed E-state index contributed by atoms with van der Waals surface area (Å²) in [5.41, 5.74) is 1.14. The van der Waals surface area contributed by atoms with Gasteiger partial charge in [0.1, 0.15) is 10.8 Å². The molecule has 2 heterocycles. The highest BCUT2D eigenvalue weighted by molar-refractivity contribution is 7.16. The maximum absolute atomic E-state index is 11.1. The van der Waals surface area contributed by atoms with Gasteiger partial charge in [0.15, 0.2) is 5.69 Å². The molecule has 1 aliphatic carbocycles. The molecule has 0 atom stereocenters. The van der Waals surface area contributed by atoms with E-state index in [4.69, 9.17) is 5.11 Å². The van der Waals surface area contributed by atoms with Gasteiger partial charge in [0, 0.05) is 19.0 Å². The highest BCUT2D eigenvalue weighted by Gasteiger charge is 2.27. The van der Waals surface area contributed by atoms with Gasteiger partial charge in [-0.25, -0.2) is 9.78 Å². The van der Waals surface area contributed by atoms with E-state index in [1.54, 1.807) is 11.6 Å². The van der Waals surface area contributed by atoms with Gasteiger partial charge < -0.3 is 10.4 Å². The molecule has 0 unspecified atom stereocenters. The Labute approximate surface area is 114 Å². The van der Waals surface area contributed by atoms with Crippen LogP contribution in [0.4, 0.5) is 10.8 Å². The molecular weight excluding hydrogens is 264 g/mol. The van der Waals surface area contributed by atoms with Crippen LogP contribution in [0.5, 0.6) is 0 Å². The van der Waals surface area contributed by atoms with Crippen molar-refractivity contribution >= 4 is 28.1 Å². The fourth-order valence-electron chi connectivity index (χ4n) is 1.96. The molecule has 1 saturated carbocycles. The van der Waals surface area contributed by atoms with Crippen molar-refractivity contribution in [2.45, 2.75) is 25.7 Å². The lowest BCUT2D eigenvalue weighted by Gasteiger charge is -2.03. The molecule has 2 aromatic rings. The fourth-order valence-corrected chi connectivity index (χ4v) is 2.78. The largest absolute Gasteiger partial charge is 0.476 e. The van der Waals surface area contributed by atoms with Gasteiger partial charge in [0.25, 0.3) is 0 Å². The monoisotopic (exact) mass is 278 g/mol.